The Balaban J connectivity index is 1.57. The Bertz CT molecular complexity index is 1790. The van der Waals surface area contributed by atoms with Crippen molar-refractivity contribution in [1.29, 1.82) is 10.5 Å². The molecule has 0 spiro atoms. The molecule has 11 nitrogen and oxygen atoms in total. The summed E-state index contributed by atoms with van der Waals surface area (Å²) < 4.78 is 7.90. The first-order valence-electron chi connectivity index (χ1n) is 13.9. The van der Waals surface area contributed by atoms with Crippen molar-refractivity contribution in [2.45, 2.75) is 18.9 Å². The number of nitrogens with zero attached hydrogens (tertiary/aromatic N) is 7. The molecule has 43 heavy (non-hydrogen) atoms. The largest absolute Gasteiger partial charge is 0.494 e. The fourth-order valence-electron chi connectivity index (χ4n) is 4.92. The van der Waals surface area contributed by atoms with E-state index in [0.29, 0.717) is 46.5 Å². The molecule has 2 aromatic carbocycles. The zero-order valence-electron chi connectivity index (χ0n) is 24.7. The first kappa shape index (κ1) is 29.1. The van der Waals surface area contributed by atoms with Crippen molar-refractivity contribution in [1.82, 2.24) is 19.4 Å². The molecule has 2 aromatic heterocycles. The molecule has 11 heteroatoms. The van der Waals surface area contributed by atoms with Crippen LogP contribution in [-0.4, -0.2) is 66.7 Å². The van der Waals surface area contributed by atoms with E-state index in [1.165, 1.54) is 12.3 Å². The summed E-state index contributed by atoms with van der Waals surface area (Å²) in [6.07, 6.45) is 6.84. The van der Waals surface area contributed by atoms with Gasteiger partial charge in [-0.05, 0) is 51.2 Å². The van der Waals surface area contributed by atoms with Crippen LogP contribution in [0.2, 0.25) is 0 Å². The molecule has 1 fully saturated rings. The third-order valence-corrected chi connectivity index (χ3v) is 7.37. The van der Waals surface area contributed by atoms with Gasteiger partial charge in [0.2, 0.25) is 11.9 Å². The number of likely N-dealkylation sites (N-methyl/N-ethyl adjacent to an activating group) is 2. The standard InChI is InChI=1S/C32H33N9O2/c1-6-30(42)36-25-14-26(29(43-5)15-28(25)40(4)12-11-39(2)3)37-32-35-18-21(17-34)31(38-32)24-19-41(22-8-9-22)27-13-20(16-33)7-10-23(24)27/h6-7,10,13-15,18-19,22H,1,8-9,11-12H2,2-5H3,(H,36,42)(H,35,37,38). The summed E-state index contributed by atoms with van der Waals surface area (Å²) in [5.74, 6) is 0.428. The number of ether oxygens (including phenoxy) is 1. The van der Waals surface area contributed by atoms with Crippen molar-refractivity contribution in [3.8, 4) is 29.1 Å². The maximum absolute atomic E-state index is 12.3. The second-order valence-corrected chi connectivity index (χ2v) is 10.7. The van der Waals surface area contributed by atoms with Crippen LogP contribution >= 0.6 is 0 Å². The van der Waals surface area contributed by atoms with Crippen molar-refractivity contribution in [3.05, 3.63) is 66.5 Å². The minimum absolute atomic E-state index is 0.253. The molecule has 0 saturated heterocycles. The number of aromatic nitrogens is 3. The van der Waals surface area contributed by atoms with Gasteiger partial charge >= 0.3 is 0 Å². The maximum atomic E-state index is 12.3. The quantitative estimate of drug-likeness (QED) is 0.236. The molecule has 218 valence electrons. The number of fused-ring (bicyclic) bond motifs is 1. The number of hydrogen-bond acceptors (Lipinski definition) is 9. The Hall–Kier alpha value is -5.39. The molecule has 1 amide bonds. The number of anilines is 4. The highest BCUT2D eigenvalue weighted by Gasteiger charge is 2.27. The van der Waals surface area contributed by atoms with Crippen LogP contribution in [0.3, 0.4) is 0 Å². The van der Waals surface area contributed by atoms with E-state index < -0.39 is 0 Å². The lowest BCUT2D eigenvalue weighted by Gasteiger charge is -2.26. The van der Waals surface area contributed by atoms with Crippen LogP contribution in [0.5, 0.6) is 5.75 Å². The molecule has 0 radical (unpaired) electrons. The van der Waals surface area contributed by atoms with Gasteiger partial charge in [-0.25, -0.2) is 9.97 Å². The lowest BCUT2D eigenvalue weighted by atomic mass is 10.1. The molecule has 2 heterocycles. The van der Waals surface area contributed by atoms with Gasteiger partial charge in [0.15, 0.2) is 0 Å². The predicted molar refractivity (Wildman–Crippen MR) is 168 cm³/mol. The van der Waals surface area contributed by atoms with Crippen LogP contribution < -0.4 is 20.3 Å². The van der Waals surface area contributed by atoms with Crippen molar-refractivity contribution in [2.75, 3.05) is 56.9 Å². The molecule has 4 aromatic rings. The highest BCUT2D eigenvalue weighted by molar-refractivity contribution is 6.02. The van der Waals surface area contributed by atoms with E-state index in [1.807, 2.05) is 50.4 Å². The zero-order valence-corrected chi connectivity index (χ0v) is 24.7. The van der Waals surface area contributed by atoms with Gasteiger partial charge in [-0.2, -0.15) is 10.5 Å². The smallest absolute Gasteiger partial charge is 0.247 e. The number of rotatable bonds is 11. The number of carbonyl (C=O) groups excluding carboxylic acids is 1. The third kappa shape index (κ3) is 6.13. The van der Waals surface area contributed by atoms with Gasteiger partial charge in [-0.3, -0.25) is 4.79 Å². The predicted octanol–water partition coefficient (Wildman–Crippen LogP) is 5.05. The number of carbonyl (C=O) groups is 1. The van der Waals surface area contributed by atoms with E-state index in [2.05, 4.69) is 43.8 Å². The number of benzene rings is 2. The molecule has 0 aliphatic heterocycles. The number of nitriles is 2. The number of hydrogen-bond donors (Lipinski definition) is 2. The molecule has 5 rings (SSSR count). The van der Waals surface area contributed by atoms with Crippen LogP contribution in [0.1, 0.15) is 30.0 Å². The minimum Gasteiger partial charge on any atom is -0.494 e. The van der Waals surface area contributed by atoms with Crippen molar-refractivity contribution in [2.24, 2.45) is 0 Å². The summed E-state index contributed by atoms with van der Waals surface area (Å²) in [6, 6.07) is 14.0. The summed E-state index contributed by atoms with van der Waals surface area (Å²) in [6.45, 7) is 5.11. The summed E-state index contributed by atoms with van der Waals surface area (Å²) in [4.78, 5) is 25.7. The topological polar surface area (TPSA) is 135 Å². The zero-order chi connectivity index (χ0) is 30.7. The monoisotopic (exact) mass is 575 g/mol. The molecule has 1 aliphatic carbocycles. The van der Waals surface area contributed by atoms with Crippen molar-refractivity contribution >= 4 is 39.8 Å². The van der Waals surface area contributed by atoms with Gasteiger partial charge in [-0.1, -0.05) is 12.6 Å². The van der Waals surface area contributed by atoms with Gasteiger partial charge in [-0.15, -0.1) is 0 Å². The normalized spacial score (nSPS) is 12.4. The van der Waals surface area contributed by atoms with Crippen LogP contribution in [0.25, 0.3) is 22.2 Å². The third-order valence-electron chi connectivity index (χ3n) is 7.37. The number of methoxy groups -OCH3 is 1. The van der Waals surface area contributed by atoms with Gasteiger partial charge in [0.1, 0.15) is 11.8 Å². The van der Waals surface area contributed by atoms with Crippen LogP contribution in [0.15, 0.2) is 55.4 Å². The Morgan fingerprint density at radius 3 is 2.60 bits per heavy atom. The van der Waals surface area contributed by atoms with Crippen LogP contribution in [-0.2, 0) is 4.79 Å². The first-order chi connectivity index (χ1) is 20.8. The summed E-state index contributed by atoms with van der Waals surface area (Å²) in [5.41, 5.74) is 4.97. The average molecular weight is 576 g/mol. The van der Waals surface area contributed by atoms with Crippen molar-refractivity contribution in [3.63, 3.8) is 0 Å². The molecular weight excluding hydrogens is 542 g/mol. The maximum Gasteiger partial charge on any atom is 0.247 e. The van der Waals surface area contributed by atoms with Crippen LogP contribution in [0.4, 0.5) is 23.0 Å². The summed E-state index contributed by atoms with van der Waals surface area (Å²) in [7, 11) is 7.52. The molecule has 0 atom stereocenters. The van der Waals surface area contributed by atoms with Gasteiger partial charge in [0.05, 0.1) is 58.8 Å². The second-order valence-electron chi connectivity index (χ2n) is 10.7. The lowest BCUT2D eigenvalue weighted by Crippen LogP contribution is -2.29. The van der Waals surface area contributed by atoms with E-state index in [9.17, 15) is 15.3 Å². The Morgan fingerprint density at radius 1 is 1.16 bits per heavy atom. The van der Waals surface area contributed by atoms with Gasteiger partial charge in [0.25, 0.3) is 0 Å². The molecule has 2 N–H and O–H groups in total. The highest BCUT2D eigenvalue weighted by Crippen LogP contribution is 2.42. The van der Waals surface area contributed by atoms with E-state index in [1.54, 1.807) is 19.2 Å². The van der Waals surface area contributed by atoms with Crippen molar-refractivity contribution < 1.29 is 9.53 Å². The first-order valence-corrected chi connectivity index (χ1v) is 13.9. The summed E-state index contributed by atoms with van der Waals surface area (Å²) >= 11 is 0. The summed E-state index contributed by atoms with van der Waals surface area (Å²) in [5, 5.41) is 26.5. The SMILES string of the molecule is C=CC(=O)Nc1cc(Nc2ncc(C#N)c(-c3cn(C4CC4)c4cc(C#N)ccc34)n2)c(OC)cc1N(C)CCN(C)C. The molecule has 0 unspecified atom stereocenters. The van der Waals surface area contributed by atoms with E-state index in [-0.39, 0.29) is 11.9 Å². The van der Waals surface area contributed by atoms with E-state index in [4.69, 9.17) is 9.72 Å². The average Bonchev–Trinajstić information content (AvgIpc) is 3.79. The lowest BCUT2D eigenvalue weighted by molar-refractivity contribution is -0.111. The molecule has 0 bridgehead atoms. The molecule has 1 aliphatic rings. The van der Waals surface area contributed by atoms with E-state index >= 15 is 0 Å². The van der Waals surface area contributed by atoms with Gasteiger partial charge in [0, 0.05) is 49.4 Å². The van der Waals surface area contributed by atoms with Crippen LogP contribution in [0, 0.1) is 22.7 Å². The Morgan fingerprint density at radius 2 is 1.95 bits per heavy atom. The number of nitrogens with one attached hydrogen (secondary N) is 2. The highest BCUT2D eigenvalue weighted by atomic mass is 16.5. The second kappa shape index (κ2) is 12.2. The fourth-order valence-corrected chi connectivity index (χ4v) is 4.92. The Labute approximate surface area is 250 Å². The fraction of sp³-hybridized carbons (Fsp3) is 0.281. The minimum atomic E-state index is -0.345. The van der Waals surface area contributed by atoms with Gasteiger partial charge < -0.3 is 29.7 Å². The Kier molecular flexibility index (Phi) is 8.28. The number of amides is 1. The molecule has 1 saturated carbocycles. The van der Waals surface area contributed by atoms with E-state index in [0.717, 1.165) is 41.5 Å². The molecular formula is C32H33N9O2.